The van der Waals surface area contributed by atoms with Gasteiger partial charge in [0.15, 0.2) is 0 Å². The molecular weight excluding hydrogens is 675 g/mol. The number of hydrogen-bond donors (Lipinski definition) is 4. The lowest BCUT2D eigenvalue weighted by Gasteiger charge is -2.21. The van der Waals surface area contributed by atoms with Gasteiger partial charge in [-0.2, -0.15) is 0 Å². The van der Waals surface area contributed by atoms with Crippen LogP contribution in [0.4, 0.5) is 0 Å². The van der Waals surface area contributed by atoms with Crippen LogP contribution in [-0.2, 0) is 17.9 Å². The van der Waals surface area contributed by atoms with Crippen molar-refractivity contribution in [3.8, 4) is 39.4 Å². The number of rotatable bonds is 13. The highest BCUT2D eigenvalue weighted by molar-refractivity contribution is 6.39. The number of carbonyl (C=O) groups is 1. The van der Waals surface area contributed by atoms with Crippen LogP contribution >= 0.6 is 23.2 Å². The summed E-state index contributed by atoms with van der Waals surface area (Å²) in [5.74, 6) is 0.584. The van der Waals surface area contributed by atoms with E-state index in [1.807, 2.05) is 74.5 Å². The number of ether oxygens (including phenoxy) is 1. The van der Waals surface area contributed by atoms with Crippen LogP contribution in [0.2, 0.25) is 10.0 Å². The highest BCUT2D eigenvalue weighted by Crippen LogP contribution is 2.42. The van der Waals surface area contributed by atoms with Gasteiger partial charge < -0.3 is 25.8 Å². The van der Waals surface area contributed by atoms with Crippen molar-refractivity contribution in [1.82, 2.24) is 30.3 Å². The lowest BCUT2D eigenvalue weighted by Crippen LogP contribution is -2.35. The molecule has 10 nitrogen and oxygen atoms in total. The number of nitrogens with zero attached hydrogens (tertiary/aromatic N) is 3. The first kappa shape index (κ1) is 35.5. The molecule has 50 heavy (non-hydrogen) atoms. The normalized spacial score (nSPS) is 14.7. The van der Waals surface area contributed by atoms with Crippen molar-refractivity contribution in [2.45, 2.75) is 45.8 Å². The summed E-state index contributed by atoms with van der Waals surface area (Å²) in [4.78, 5) is 34.1. The Labute approximate surface area is 300 Å². The van der Waals surface area contributed by atoms with Gasteiger partial charge in [0.1, 0.15) is 5.65 Å². The monoisotopic (exact) mass is 714 g/mol. The standard InChI is InChI=1S/C38H40Cl2N6O4/c1-38(2,22-47)21-42-18-25-19-43-32-16-23(14-15-46(32)37(25)49)27-6-4-7-28(34(27)39)29-8-5-9-30(35(29)40)31-12-10-24(36(45-31)50-3)17-41-20-26-11-13-33(48)44-26/h4-10,12,14-16,19,26,41-42,47H,11,13,17-18,20-22H2,1-3H3,(H,44,48)/t26-/m0/s1. The van der Waals surface area contributed by atoms with E-state index in [4.69, 9.17) is 32.9 Å². The fourth-order valence-electron chi connectivity index (χ4n) is 6.04. The second-order valence-corrected chi connectivity index (χ2v) is 14.0. The number of carbonyl (C=O) groups excluding carboxylic acids is 1. The third-order valence-electron chi connectivity index (χ3n) is 8.93. The molecule has 6 rings (SSSR count). The van der Waals surface area contributed by atoms with E-state index in [1.165, 1.54) is 4.40 Å². The molecule has 0 saturated carbocycles. The fourth-order valence-corrected chi connectivity index (χ4v) is 6.70. The predicted molar refractivity (Wildman–Crippen MR) is 198 cm³/mol. The van der Waals surface area contributed by atoms with E-state index in [0.29, 0.717) is 65.4 Å². The smallest absolute Gasteiger partial charge is 0.262 e. The summed E-state index contributed by atoms with van der Waals surface area (Å²) < 4.78 is 7.16. The van der Waals surface area contributed by atoms with Crippen molar-refractivity contribution in [2.75, 3.05) is 26.8 Å². The van der Waals surface area contributed by atoms with E-state index in [0.717, 1.165) is 39.8 Å². The van der Waals surface area contributed by atoms with Crippen LogP contribution in [0.3, 0.4) is 0 Å². The van der Waals surface area contributed by atoms with Gasteiger partial charge in [-0.3, -0.25) is 14.0 Å². The minimum Gasteiger partial charge on any atom is -0.481 e. The predicted octanol–water partition coefficient (Wildman–Crippen LogP) is 5.88. The zero-order valence-electron chi connectivity index (χ0n) is 28.2. The maximum Gasteiger partial charge on any atom is 0.262 e. The van der Waals surface area contributed by atoms with E-state index in [1.54, 1.807) is 19.5 Å². The number of amides is 1. The molecule has 0 spiro atoms. The minimum atomic E-state index is -0.291. The third-order valence-corrected chi connectivity index (χ3v) is 9.74. The Morgan fingerprint density at radius 2 is 1.66 bits per heavy atom. The Balaban J connectivity index is 1.24. The molecule has 0 bridgehead atoms. The van der Waals surface area contributed by atoms with Gasteiger partial charge in [-0.1, -0.05) is 79.5 Å². The molecule has 260 valence electrons. The van der Waals surface area contributed by atoms with Crippen LogP contribution in [0, 0.1) is 5.41 Å². The lowest BCUT2D eigenvalue weighted by atomic mass is 9.95. The molecule has 2 aromatic carbocycles. The highest BCUT2D eigenvalue weighted by atomic mass is 35.5. The molecule has 1 saturated heterocycles. The molecule has 1 aliphatic rings. The van der Waals surface area contributed by atoms with Gasteiger partial charge in [-0.25, -0.2) is 9.97 Å². The van der Waals surface area contributed by atoms with Crippen molar-refractivity contribution >= 4 is 34.8 Å². The van der Waals surface area contributed by atoms with Gasteiger partial charge in [0.25, 0.3) is 5.56 Å². The summed E-state index contributed by atoms with van der Waals surface area (Å²) >= 11 is 14.2. The van der Waals surface area contributed by atoms with Crippen LogP contribution in [0.5, 0.6) is 5.88 Å². The molecule has 4 heterocycles. The number of hydrogen-bond acceptors (Lipinski definition) is 8. The molecule has 0 unspecified atom stereocenters. The number of fused-ring (bicyclic) bond motifs is 1. The van der Waals surface area contributed by atoms with Crippen molar-refractivity contribution in [3.05, 3.63) is 105 Å². The van der Waals surface area contributed by atoms with Crippen molar-refractivity contribution in [3.63, 3.8) is 0 Å². The topological polar surface area (TPSA) is 130 Å². The van der Waals surface area contributed by atoms with Crippen LogP contribution in [0.15, 0.2) is 77.9 Å². The first-order valence-electron chi connectivity index (χ1n) is 16.5. The summed E-state index contributed by atoms with van der Waals surface area (Å²) in [5, 5.41) is 20.1. The van der Waals surface area contributed by atoms with Crippen LogP contribution in [0.1, 0.15) is 37.8 Å². The number of aliphatic hydroxyl groups is 1. The fraction of sp³-hybridized carbons (Fsp3) is 0.316. The summed E-state index contributed by atoms with van der Waals surface area (Å²) in [7, 11) is 1.59. The Kier molecular flexibility index (Phi) is 10.9. The molecule has 1 atom stereocenters. The van der Waals surface area contributed by atoms with E-state index in [-0.39, 0.29) is 29.5 Å². The molecule has 1 fully saturated rings. The van der Waals surface area contributed by atoms with Gasteiger partial charge >= 0.3 is 0 Å². The SMILES string of the molecule is COc1nc(-c2cccc(-c3cccc(-c4ccn5c(=O)c(CNCC(C)(C)CO)cnc5c4)c3Cl)c2Cl)ccc1CNC[C@@H]1CCC(=O)N1. The van der Waals surface area contributed by atoms with Crippen LogP contribution in [0.25, 0.3) is 39.2 Å². The number of nitrogens with one attached hydrogen (secondary N) is 3. The number of aliphatic hydroxyl groups excluding tert-OH is 1. The Hall–Kier alpha value is -4.32. The maximum absolute atomic E-state index is 13.2. The zero-order chi connectivity index (χ0) is 35.4. The number of halogens is 2. The van der Waals surface area contributed by atoms with Crippen molar-refractivity contribution < 1.29 is 14.6 Å². The van der Waals surface area contributed by atoms with Crippen LogP contribution in [-0.4, -0.2) is 58.2 Å². The van der Waals surface area contributed by atoms with Gasteiger partial charge in [0.05, 0.1) is 22.8 Å². The van der Waals surface area contributed by atoms with Gasteiger partial charge in [0, 0.05) is 96.4 Å². The van der Waals surface area contributed by atoms with Crippen LogP contribution < -0.4 is 26.2 Å². The quantitative estimate of drug-likeness (QED) is 0.119. The second-order valence-electron chi connectivity index (χ2n) is 13.3. The van der Waals surface area contributed by atoms with E-state index >= 15 is 0 Å². The second kappa shape index (κ2) is 15.3. The average molecular weight is 716 g/mol. The third kappa shape index (κ3) is 7.70. The van der Waals surface area contributed by atoms with E-state index in [2.05, 4.69) is 20.9 Å². The Morgan fingerprint density at radius 3 is 2.36 bits per heavy atom. The molecule has 0 aliphatic carbocycles. The summed E-state index contributed by atoms with van der Waals surface area (Å²) in [6.45, 7) is 6.07. The molecule has 12 heteroatoms. The zero-order valence-corrected chi connectivity index (χ0v) is 29.7. The molecule has 5 aromatic rings. The number of pyridine rings is 2. The number of benzene rings is 2. The molecule has 4 N–H and O–H groups in total. The van der Waals surface area contributed by atoms with E-state index in [9.17, 15) is 14.7 Å². The number of methoxy groups -OCH3 is 1. The summed E-state index contributed by atoms with van der Waals surface area (Å²) in [6, 6.07) is 19.2. The van der Waals surface area contributed by atoms with Gasteiger partial charge in [0.2, 0.25) is 11.8 Å². The lowest BCUT2D eigenvalue weighted by molar-refractivity contribution is -0.119. The molecule has 1 aliphatic heterocycles. The van der Waals surface area contributed by atoms with Gasteiger partial charge in [-0.05, 0) is 30.2 Å². The highest BCUT2D eigenvalue weighted by Gasteiger charge is 2.21. The Bertz CT molecular complexity index is 2100. The average Bonchev–Trinajstić information content (AvgIpc) is 3.54. The molecule has 1 amide bonds. The first-order chi connectivity index (χ1) is 24.1. The van der Waals surface area contributed by atoms with Crippen molar-refractivity contribution in [2.24, 2.45) is 5.41 Å². The molecule has 3 aromatic heterocycles. The van der Waals surface area contributed by atoms with Gasteiger partial charge in [-0.15, -0.1) is 0 Å². The van der Waals surface area contributed by atoms with E-state index < -0.39 is 0 Å². The Morgan fingerprint density at radius 1 is 0.960 bits per heavy atom. The summed E-state index contributed by atoms with van der Waals surface area (Å²) in [5.41, 5.74) is 5.94. The minimum absolute atomic E-state index is 0.0446. The molecular formula is C38H40Cl2N6O4. The summed E-state index contributed by atoms with van der Waals surface area (Å²) in [6.07, 6.45) is 4.69. The number of aromatic nitrogens is 3. The van der Waals surface area contributed by atoms with Crippen molar-refractivity contribution in [1.29, 1.82) is 0 Å². The largest absolute Gasteiger partial charge is 0.481 e. The maximum atomic E-state index is 13.2. The first-order valence-corrected chi connectivity index (χ1v) is 17.3. The molecule has 0 radical (unpaired) electrons.